The van der Waals surface area contributed by atoms with Crippen LogP contribution in [-0.4, -0.2) is 24.5 Å². The minimum atomic E-state index is -0.234. The van der Waals surface area contributed by atoms with Gasteiger partial charge in [-0.3, -0.25) is 4.79 Å². The van der Waals surface area contributed by atoms with Crippen molar-refractivity contribution >= 4 is 5.91 Å². The van der Waals surface area contributed by atoms with Crippen LogP contribution in [0.5, 0.6) is 0 Å². The molecule has 0 bridgehead atoms. The number of amides is 1. The van der Waals surface area contributed by atoms with E-state index in [0.29, 0.717) is 13.0 Å². The summed E-state index contributed by atoms with van der Waals surface area (Å²) in [6.07, 6.45) is 1.63. The predicted molar refractivity (Wildman–Crippen MR) is 75.5 cm³/mol. The Morgan fingerprint density at radius 3 is 2.74 bits per heavy atom. The summed E-state index contributed by atoms with van der Waals surface area (Å²) >= 11 is 0. The fourth-order valence-corrected chi connectivity index (χ4v) is 1.69. The molecule has 1 amide bonds. The van der Waals surface area contributed by atoms with E-state index in [-0.39, 0.29) is 23.8 Å². The highest BCUT2D eigenvalue weighted by Crippen LogP contribution is 2.03. The van der Waals surface area contributed by atoms with Gasteiger partial charge in [-0.25, -0.2) is 4.39 Å². The molecule has 3 nitrogen and oxygen atoms in total. The van der Waals surface area contributed by atoms with Crippen LogP contribution in [0.1, 0.15) is 32.8 Å². The zero-order valence-corrected chi connectivity index (χ0v) is 11.9. The lowest BCUT2D eigenvalue weighted by Crippen LogP contribution is -2.45. The van der Waals surface area contributed by atoms with E-state index < -0.39 is 0 Å². The van der Waals surface area contributed by atoms with Gasteiger partial charge in [0.05, 0.1) is 6.04 Å². The maximum atomic E-state index is 13.0. The third-order valence-electron chi connectivity index (χ3n) is 3.15. The van der Waals surface area contributed by atoms with Crippen molar-refractivity contribution < 1.29 is 9.18 Å². The second kappa shape index (κ2) is 7.89. The van der Waals surface area contributed by atoms with Crippen molar-refractivity contribution in [1.29, 1.82) is 0 Å². The zero-order chi connectivity index (χ0) is 14.3. The number of hydrogen-bond donors (Lipinski definition) is 2. The van der Waals surface area contributed by atoms with E-state index in [4.69, 9.17) is 0 Å². The van der Waals surface area contributed by atoms with Gasteiger partial charge in [-0.15, -0.1) is 0 Å². The van der Waals surface area contributed by atoms with Gasteiger partial charge in [0, 0.05) is 6.04 Å². The largest absolute Gasteiger partial charge is 0.352 e. The molecule has 0 saturated heterocycles. The first-order valence-corrected chi connectivity index (χ1v) is 6.81. The molecule has 0 saturated carbocycles. The van der Waals surface area contributed by atoms with Crippen LogP contribution in [0.15, 0.2) is 24.3 Å². The molecule has 1 rings (SSSR count). The second-order valence-electron chi connectivity index (χ2n) is 4.87. The monoisotopic (exact) mass is 266 g/mol. The number of nitrogens with one attached hydrogen (secondary N) is 2. The van der Waals surface area contributed by atoms with E-state index in [0.717, 1.165) is 12.0 Å². The number of carbonyl (C=O) groups excluding carboxylic acids is 1. The van der Waals surface area contributed by atoms with Crippen molar-refractivity contribution in [3.8, 4) is 0 Å². The van der Waals surface area contributed by atoms with Crippen LogP contribution < -0.4 is 10.6 Å². The van der Waals surface area contributed by atoms with E-state index in [2.05, 4.69) is 10.6 Å². The van der Waals surface area contributed by atoms with Crippen LogP contribution in [0, 0.1) is 5.82 Å². The zero-order valence-electron chi connectivity index (χ0n) is 11.9. The van der Waals surface area contributed by atoms with Crippen LogP contribution in [-0.2, 0) is 11.2 Å². The summed E-state index contributed by atoms with van der Waals surface area (Å²) in [5, 5.41) is 6.07. The van der Waals surface area contributed by atoms with Gasteiger partial charge in [0.2, 0.25) is 5.91 Å². The van der Waals surface area contributed by atoms with E-state index in [1.165, 1.54) is 12.1 Å². The molecule has 0 heterocycles. The number of halogens is 1. The molecule has 19 heavy (non-hydrogen) atoms. The molecule has 0 aromatic heterocycles. The van der Waals surface area contributed by atoms with Gasteiger partial charge in [0.25, 0.3) is 0 Å². The molecule has 106 valence electrons. The molecule has 0 radical (unpaired) electrons. The summed E-state index contributed by atoms with van der Waals surface area (Å²) in [5.74, 6) is -0.214. The predicted octanol–water partition coefficient (Wildman–Crippen LogP) is 2.26. The summed E-state index contributed by atoms with van der Waals surface area (Å²) in [4.78, 5) is 11.8. The maximum absolute atomic E-state index is 13.0. The van der Waals surface area contributed by atoms with Crippen molar-refractivity contribution in [3.05, 3.63) is 35.6 Å². The minimum absolute atomic E-state index is 0.00796. The van der Waals surface area contributed by atoms with Crippen LogP contribution >= 0.6 is 0 Å². The van der Waals surface area contributed by atoms with E-state index in [1.807, 2.05) is 26.8 Å². The van der Waals surface area contributed by atoms with Gasteiger partial charge >= 0.3 is 0 Å². The molecule has 0 fully saturated rings. The molecule has 0 aliphatic heterocycles. The third kappa shape index (κ3) is 5.83. The van der Waals surface area contributed by atoms with Gasteiger partial charge in [-0.1, -0.05) is 19.1 Å². The van der Waals surface area contributed by atoms with Gasteiger partial charge < -0.3 is 10.6 Å². The standard InChI is InChI=1S/C15H23FN2O/c1-4-11(2)18-15(19)12(3)17-9-8-13-6-5-7-14(16)10-13/h5-7,10-12,17H,4,8-9H2,1-3H3,(H,18,19). The van der Waals surface area contributed by atoms with Gasteiger partial charge in [-0.2, -0.15) is 0 Å². The Morgan fingerprint density at radius 2 is 2.11 bits per heavy atom. The fourth-order valence-electron chi connectivity index (χ4n) is 1.69. The Bertz CT molecular complexity index is 409. The van der Waals surface area contributed by atoms with Crippen molar-refractivity contribution in [1.82, 2.24) is 10.6 Å². The summed E-state index contributed by atoms with van der Waals surface area (Å²) < 4.78 is 13.0. The second-order valence-corrected chi connectivity index (χ2v) is 4.87. The Hall–Kier alpha value is -1.42. The van der Waals surface area contributed by atoms with Gasteiger partial charge in [0.1, 0.15) is 5.82 Å². The van der Waals surface area contributed by atoms with Gasteiger partial charge in [0.15, 0.2) is 0 Å². The quantitative estimate of drug-likeness (QED) is 0.795. The lowest BCUT2D eigenvalue weighted by molar-refractivity contribution is -0.123. The lowest BCUT2D eigenvalue weighted by atomic mass is 10.1. The lowest BCUT2D eigenvalue weighted by Gasteiger charge is -2.17. The molecule has 0 spiro atoms. The molecular weight excluding hydrogens is 243 g/mol. The molecule has 2 unspecified atom stereocenters. The molecule has 4 heteroatoms. The molecule has 0 aliphatic carbocycles. The van der Waals surface area contributed by atoms with Crippen molar-refractivity contribution in [3.63, 3.8) is 0 Å². The summed E-state index contributed by atoms with van der Waals surface area (Å²) in [7, 11) is 0. The smallest absolute Gasteiger partial charge is 0.237 e. The Labute approximate surface area is 114 Å². The van der Waals surface area contributed by atoms with Crippen LogP contribution in [0.4, 0.5) is 4.39 Å². The molecule has 1 aromatic carbocycles. The molecule has 2 atom stereocenters. The average molecular weight is 266 g/mol. The van der Waals surface area contributed by atoms with E-state index in [1.54, 1.807) is 6.07 Å². The normalized spacial score (nSPS) is 13.9. The first kappa shape index (κ1) is 15.6. The topological polar surface area (TPSA) is 41.1 Å². The molecule has 0 aliphatic rings. The number of carbonyl (C=O) groups is 1. The minimum Gasteiger partial charge on any atom is -0.352 e. The maximum Gasteiger partial charge on any atom is 0.237 e. The van der Waals surface area contributed by atoms with Crippen molar-refractivity contribution in [2.24, 2.45) is 0 Å². The highest BCUT2D eigenvalue weighted by Gasteiger charge is 2.13. The number of benzene rings is 1. The van der Waals surface area contributed by atoms with E-state index >= 15 is 0 Å². The molecule has 1 aromatic rings. The number of hydrogen-bond acceptors (Lipinski definition) is 2. The van der Waals surface area contributed by atoms with Gasteiger partial charge in [-0.05, 0) is 50.9 Å². The Kier molecular flexibility index (Phi) is 6.50. The van der Waals surface area contributed by atoms with E-state index in [9.17, 15) is 9.18 Å². The summed E-state index contributed by atoms with van der Waals surface area (Å²) in [6, 6.07) is 6.49. The summed E-state index contributed by atoms with van der Waals surface area (Å²) in [6.45, 7) is 6.51. The fraction of sp³-hybridized carbons (Fsp3) is 0.533. The first-order valence-electron chi connectivity index (χ1n) is 6.81. The molecular formula is C15H23FN2O. The Balaban J connectivity index is 2.30. The van der Waals surface area contributed by atoms with Crippen LogP contribution in [0.3, 0.4) is 0 Å². The SMILES string of the molecule is CCC(C)NC(=O)C(C)NCCc1cccc(F)c1. The average Bonchev–Trinajstić information content (AvgIpc) is 2.38. The van der Waals surface area contributed by atoms with Crippen molar-refractivity contribution in [2.75, 3.05) is 6.54 Å². The van der Waals surface area contributed by atoms with Crippen LogP contribution in [0.25, 0.3) is 0 Å². The first-order chi connectivity index (χ1) is 9.02. The highest BCUT2D eigenvalue weighted by atomic mass is 19.1. The Morgan fingerprint density at radius 1 is 1.37 bits per heavy atom. The summed E-state index contributed by atoms with van der Waals surface area (Å²) in [5.41, 5.74) is 0.932. The molecule has 2 N–H and O–H groups in total. The highest BCUT2D eigenvalue weighted by molar-refractivity contribution is 5.81. The number of rotatable bonds is 7. The third-order valence-corrected chi connectivity index (χ3v) is 3.15. The van der Waals surface area contributed by atoms with Crippen molar-refractivity contribution in [2.45, 2.75) is 45.7 Å². The van der Waals surface area contributed by atoms with Crippen LogP contribution in [0.2, 0.25) is 0 Å².